The molecule has 3 atom stereocenters. The number of rotatable bonds is 1. The lowest BCUT2D eigenvalue weighted by atomic mass is 9.73. The summed E-state index contributed by atoms with van der Waals surface area (Å²) >= 11 is 0. The van der Waals surface area contributed by atoms with Gasteiger partial charge in [0, 0.05) is 24.1 Å². The Morgan fingerprint density at radius 2 is 2.29 bits per heavy atom. The van der Waals surface area contributed by atoms with Gasteiger partial charge in [0.15, 0.2) is 0 Å². The molecule has 1 aliphatic carbocycles. The van der Waals surface area contributed by atoms with Crippen molar-refractivity contribution < 1.29 is 19.7 Å². The van der Waals surface area contributed by atoms with Crippen LogP contribution in [0.25, 0.3) is 0 Å². The smallest absolute Gasteiger partial charge is 0.409 e. The zero-order valence-corrected chi connectivity index (χ0v) is 13.9. The minimum Gasteiger partial charge on any atom is -0.453 e. The number of carbonyl (C=O) groups is 1. The summed E-state index contributed by atoms with van der Waals surface area (Å²) in [5, 5.41) is 20.3. The molecule has 1 aromatic rings. The van der Waals surface area contributed by atoms with E-state index in [1.54, 1.807) is 4.90 Å². The Balaban J connectivity index is 1.82. The van der Waals surface area contributed by atoms with Gasteiger partial charge in [0.05, 0.1) is 13.7 Å². The molecule has 0 aromatic heterocycles. The first-order chi connectivity index (χ1) is 11.6. The first-order valence-electron chi connectivity index (χ1n) is 8.37. The monoisotopic (exact) mass is 329 g/mol. The van der Waals surface area contributed by atoms with Crippen molar-refractivity contribution in [2.24, 2.45) is 5.92 Å². The highest BCUT2D eigenvalue weighted by Gasteiger charge is 2.50. The Bertz CT molecular complexity index is 677. The summed E-state index contributed by atoms with van der Waals surface area (Å²) in [7, 11) is 1.39. The Morgan fingerprint density at radius 1 is 1.46 bits per heavy atom. The van der Waals surface area contributed by atoms with Crippen LogP contribution in [0.4, 0.5) is 4.79 Å². The number of carbonyl (C=O) groups excluding carboxylic acids is 1. The largest absolute Gasteiger partial charge is 0.453 e. The fourth-order valence-corrected chi connectivity index (χ4v) is 3.96. The topological polar surface area (TPSA) is 70.0 Å². The van der Waals surface area contributed by atoms with E-state index in [0.29, 0.717) is 13.0 Å². The van der Waals surface area contributed by atoms with E-state index in [1.165, 1.54) is 7.11 Å². The van der Waals surface area contributed by atoms with E-state index in [4.69, 9.17) is 4.74 Å². The number of nitrogens with zero attached hydrogens (tertiary/aromatic N) is 1. The Labute approximate surface area is 142 Å². The molecule has 1 amide bonds. The summed E-state index contributed by atoms with van der Waals surface area (Å²) < 4.78 is 4.85. The third kappa shape index (κ3) is 3.12. The van der Waals surface area contributed by atoms with Crippen LogP contribution in [0.5, 0.6) is 0 Å². The van der Waals surface area contributed by atoms with E-state index < -0.39 is 5.60 Å². The standard InChI is InChI=1S/C19H23NO4/c1-24-18(22)20-11-8-16-17(20)6-3-9-19(16,23)10-7-14-4-2-5-15(12-14)13-21/h2,4-5,12,16-17,21,23H,3,6,8-9,11,13H2,1H3/t16-,17-,19-/m1/s1. The molecule has 0 bridgehead atoms. The van der Waals surface area contributed by atoms with Gasteiger partial charge in [0.25, 0.3) is 0 Å². The van der Waals surface area contributed by atoms with Crippen LogP contribution < -0.4 is 0 Å². The molecule has 24 heavy (non-hydrogen) atoms. The predicted octanol–water partition coefficient (Wildman–Crippen LogP) is 1.90. The molecule has 1 saturated heterocycles. The number of hydrogen-bond acceptors (Lipinski definition) is 4. The van der Waals surface area contributed by atoms with E-state index in [1.807, 2.05) is 24.3 Å². The van der Waals surface area contributed by atoms with Gasteiger partial charge in [-0.3, -0.25) is 0 Å². The van der Waals surface area contributed by atoms with Crippen LogP contribution in [0.15, 0.2) is 24.3 Å². The van der Waals surface area contributed by atoms with Crippen molar-refractivity contribution in [2.45, 2.75) is 43.9 Å². The van der Waals surface area contributed by atoms with Crippen molar-refractivity contribution in [1.82, 2.24) is 4.90 Å². The predicted molar refractivity (Wildman–Crippen MR) is 89.0 cm³/mol. The maximum Gasteiger partial charge on any atom is 0.409 e. The minimum absolute atomic E-state index is 0.00530. The average molecular weight is 329 g/mol. The first kappa shape index (κ1) is 16.8. The number of likely N-dealkylation sites (tertiary alicyclic amines) is 1. The number of ether oxygens (including phenoxy) is 1. The van der Waals surface area contributed by atoms with Gasteiger partial charge in [0.2, 0.25) is 0 Å². The third-order valence-corrected chi connectivity index (χ3v) is 5.16. The van der Waals surface area contributed by atoms with E-state index >= 15 is 0 Å². The molecule has 1 heterocycles. The molecular formula is C19H23NO4. The zero-order valence-electron chi connectivity index (χ0n) is 13.9. The first-order valence-corrected chi connectivity index (χ1v) is 8.37. The molecule has 5 heteroatoms. The van der Waals surface area contributed by atoms with Gasteiger partial charge < -0.3 is 19.8 Å². The summed E-state index contributed by atoms with van der Waals surface area (Å²) in [4.78, 5) is 13.6. The highest BCUT2D eigenvalue weighted by atomic mass is 16.5. The van der Waals surface area contributed by atoms with Gasteiger partial charge in [-0.25, -0.2) is 4.79 Å². The minimum atomic E-state index is -1.08. The van der Waals surface area contributed by atoms with E-state index in [2.05, 4.69) is 11.8 Å². The molecular weight excluding hydrogens is 306 g/mol. The van der Waals surface area contributed by atoms with Crippen molar-refractivity contribution >= 4 is 6.09 Å². The molecule has 2 fully saturated rings. The van der Waals surface area contributed by atoms with Crippen LogP contribution >= 0.6 is 0 Å². The molecule has 0 unspecified atom stereocenters. The second-order valence-electron chi connectivity index (χ2n) is 6.55. The number of benzene rings is 1. The SMILES string of the molecule is COC(=O)N1CC[C@@H]2[C@H]1CCC[C@@]2(O)C#Cc1cccc(CO)c1. The summed E-state index contributed by atoms with van der Waals surface area (Å²) in [5.74, 6) is 6.07. The average Bonchev–Trinajstić information content (AvgIpc) is 3.05. The van der Waals surface area contributed by atoms with Crippen LogP contribution in [-0.4, -0.2) is 46.5 Å². The zero-order chi connectivity index (χ0) is 17.2. The fourth-order valence-electron chi connectivity index (χ4n) is 3.96. The van der Waals surface area contributed by atoms with Gasteiger partial charge in [-0.2, -0.15) is 0 Å². The molecule has 0 spiro atoms. The van der Waals surface area contributed by atoms with E-state index in [9.17, 15) is 15.0 Å². The van der Waals surface area contributed by atoms with Crippen molar-refractivity contribution in [3.8, 4) is 11.8 Å². The highest BCUT2D eigenvalue weighted by Crippen LogP contribution is 2.42. The summed E-state index contributed by atoms with van der Waals surface area (Å²) in [6.45, 7) is 0.574. The van der Waals surface area contributed by atoms with Crippen LogP contribution in [0.1, 0.15) is 36.8 Å². The van der Waals surface area contributed by atoms with Crippen LogP contribution in [0, 0.1) is 17.8 Å². The molecule has 1 aromatic carbocycles. The highest BCUT2D eigenvalue weighted by molar-refractivity contribution is 5.68. The molecule has 1 aliphatic heterocycles. The Hall–Kier alpha value is -2.03. The molecule has 2 aliphatic rings. The lowest BCUT2D eigenvalue weighted by molar-refractivity contribution is -0.0136. The van der Waals surface area contributed by atoms with Gasteiger partial charge in [-0.05, 0) is 43.4 Å². The number of aliphatic hydroxyl groups excluding tert-OH is 1. The van der Waals surface area contributed by atoms with Crippen molar-refractivity contribution in [1.29, 1.82) is 0 Å². The quantitative estimate of drug-likeness (QED) is 0.772. The third-order valence-electron chi connectivity index (χ3n) is 5.16. The van der Waals surface area contributed by atoms with Crippen molar-refractivity contribution in [3.05, 3.63) is 35.4 Å². The maximum atomic E-state index is 11.9. The second-order valence-corrected chi connectivity index (χ2v) is 6.55. The fraction of sp³-hybridized carbons (Fsp3) is 0.526. The molecule has 5 nitrogen and oxygen atoms in total. The summed E-state index contributed by atoms with van der Waals surface area (Å²) in [6.07, 6.45) is 2.74. The molecule has 1 saturated carbocycles. The van der Waals surface area contributed by atoms with Gasteiger partial charge in [0.1, 0.15) is 5.60 Å². The number of aliphatic hydroxyl groups is 2. The van der Waals surface area contributed by atoms with E-state index in [0.717, 1.165) is 30.4 Å². The number of hydrogen-bond donors (Lipinski definition) is 2. The van der Waals surface area contributed by atoms with Gasteiger partial charge in [-0.1, -0.05) is 24.0 Å². The lowest BCUT2D eigenvalue weighted by Crippen LogP contribution is -2.49. The molecule has 128 valence electrons. The van der Waals surface area contributed by atoms with Crippen LogP contribution in [-0.2, 0) is 11.3 Å². The summed E-state index contributed by atoms with van der Waals surface area (Å²) in [6, 6.07) is 7.37. The van der Waals surface area contributed by atoms with E-state index in [-0.39, 0.29) is 24.7 Å². The number of amides is 1. The molecule has 0 radical (unpaired) electrons. The normalized spacial score (nSPS) is 28.7. The van der Waals surface area contributed by atoms with Crippen molar-refractivity contribution in [3.63, 3.8) is 0 Å². The number of fused-ring (bicyclic) bond motifs is 1. The van der Waals surface area contributed by atoms with Gasteiger partial charge in [-0.15, -0.1) is 0 Å². The summed E-state index contributed by atoms with van der Waals surface area (Å²) in [5.41, 5.74) is 0.494. The molecule has 2 N–H and O–H groups in total. The van der Waals surface area contributed by atoms with Crippen LogP contribution in [0.2, 0.25) is 0 Å². The Morgan fingerprint density at radius 3 is 3.04 bits per heavy atom. The maximum absolute atomic E-state index is 11.9. The van der Waals surface area contributed by atoms with Crippen molar-refractivity contribution in [2.75, 3.05) is 13.7 Å². The Kier molecular flexibility index (Phi) is 4.79. The van der Waals surface area contributed by atoms with Crippen LogP contribution in [0.3, 0.4) is 0 Å². The van der Waals surface area contributed by atoms with Gasteiger partial charge >= 0.3 is 6.09 Å². The molecule has 3 rings (SSSR count). The number of methoxy groups -OCH3 is 1. The lowest BCUT2D eigenvalue weighted by Gasteiger charge is -2.39. The second kappa shape index (κ2) is 6.84.